The third kappa shape index (κ3) is 2.51. The Hall–Kier alpha value is -0.920. The molecule has 0 amide bonds. The predicted molar refractivity (Wildman–Crippen MR) is 54.7 cm³/mol. The highest BCUT2D eigenvalue weighted by Gasteiger charge is 2.06. The van der Waals surface area contributed by atoms with Gasteiger partial charge in [0.15, 0.2) is 12.4 Å². The first-order valence-corrected chi connectivity index (χ1v) is 4.56. The molecule has 5 heteroatoms. The van der Waals surface area contributed by atoms with Gasteiger partial charge in [0.25, 0.3) is 0 Å². The number of halogens is 2. The second-order valence-corrected chi connectivity index (χ2v) is 3.54. The lowest BCUT2D eigenvalue weighted by Crippen LogP contribution is -1.98. The van der Waals surface area contributed by atoms with Crippen LogP contribution in [-0.4, -0.2) is 6.61 Å². The zero-order valence-corrected chi connectivity index (χ0v) is 8.89. The van der Waals surface area contributed by atoms with Gasteiger partial charge in [0.05, 0.1) is 10.2 Å². The average molecular weight is 262 g/mol. The molecule has 3 nitrogen and oxygen atoms in total. The minimum absolute atomic E-state index is 0.0373. The van der Waals surface area contributed by atoms with E-state index in [0.717, 1.165) is 0 Å². The molecule has 0 unspecified atom stereocenters. The van der Waals surface area contributed by atoms with Gasteiger partial charge in [-0.15, -0.1) is 0 Å². The van der Waals surface area contributed by atoms with Gasteiger partial charge in [-0.3, -0.25) is 0 Å². The Morgan fingerprint density at radius 2 is 2.31 bits per heavy atom. The largest absolute Gasteiger partial charge is 0.475 e. The van der Waals surface area contributed by atoms with Gasteiger partial charge in [0.1, 0.15) is 6.07 Å². The molecule has 0 aliphatic carbocycles. The fraction of sp³-hybridized carbons (Fsp3) is 0.125. The van der Waals surface area contributed by atoms with Gasteiger partial charge >= 0.3 is 0 Å². The number of nitrogens with two attached hydrogens (primary N) is 1. The molecule has 1 rings (SSSR count). The van der Waals surface area contributed by atoms with Crippen LogP contribution in [0.3, 0.4) is 0 Å². The quantitative estimate of drug-likeness (QED) is 0.833. The number of hydrogen-bond acceptors (Lipinski definition) is 3. The molecule has 13 heavy (non-hydrogen) atoms. The number of benzene rings is 1. The van der Waals surface area contributed by atoms with Crippen LogP contribution in [0.15, 0.2) is 16.6 Å². The molecule has 0 radical (unpaired) electrons. The molecule has 0 aliphatic rings. The number of anilines is 1. The Labute approximate surface area is 89.2 Å². The zero-order valence-electron chi connectivity index (χ0n) is 6.55. The highest BCUT2D eigenvalue weighted by atomic mass is 79.9. The molecular formula is C8H6BrClN2O. The summed E-state index contributed by atoms with van der Waals surface area (Å²) in [5.74, 6) is 0.450. The zero-order chi connectivity index (χ0) is 9.84. The Balaban J connectivity index is 3.00. The van der Waals surface area contributed by atoms with Crippen molar-refractivity contribution in [2.45, 2.75) is 0 Å². The summed E-state index contributed by atoms with van der Waals surface area (Å²) in [6.45, 7) is -0.0373. The molecule has 0 saturated heterocycles. The van der Waals surface area contributed by atoms with Crippen LogP contribution in [0.5, 0.6) is 5.75 Å². The third-order valence-electron chi connectivity index (χ3n) is 1.32. The second kappa shape index (κ2) is 4.35. The van der Waals surface area contributed by atoms with Crippen LogP contribution in [0, 0.1) is 11.3 Å². The van der Waals surface area contributed by atoms with Gasteiger partial charge in [-0.05, 0) is 28.1 Å². The van der Waals surface area contributed by atoms with E-state index in [-0.39, 0.29) is 6.61 Å². The van der Waals surface area contributed by atoms with Gasteiger partial charge in [-0.25, -0.2) is 0 Å². The van der Waals surface area contributed by atoms with E-state index < -0.39 is 0 Å². The number of rotatable bonds is 2. The first-order valence-electron chi connectivity index (χ1n) is 3.39. The molecular weight excluding hydrogens is 255 g/mol. The van der Waals surface area contributed by atoms with Crippen LogP contribution >= 0.6 is 27.5 Å². The van der Waals surface area contributed by atoms with Crippen molar-refractivity contribution in [3.63, 3.8) is 0 Å². The van der Waals surface area contributed by atoms with Crippen LogP contribution in [0.1, 0.15) is 0 Å². The van der Waals surface area contributed by atoms with Crippen molar-refractivity contribution in [2.24, 2.45) is 0 Å². The van der Waals surface area contributed by atoms with E-state index in [1.165, 1.54) is 0 Å². The van der Waals surface area contributed by atoms with Gasteiger partial charge in [-0.2, -0.15) is 5.26 Å². The van der Waals surface area contributed by atoms with Gasteiger partial charge in [-0.1, -0.05) is 11.6 Å². The topological polar surface area (TPSA) is 59.0 Å². The molecule has 1 aromatic rings. The van der Waals surface area contributed by atoms with E-state index in [2.05, 4.69) is 15.9 Å². The number of ether oxygens (including phenoxy) is 1. The molecule has 68 valence electrons. The Bertz CT molecular complexity index is 339. The molecule has 0 aromatic heterocycles. The van der Waals surface area contributed by atoms with E-state index in [1.807, 2.05) is 6.07 Å². The minimum atomic E-state index is -0.0373. The van der Waals surface area contributed by atoms with Crippen LogP contribution in [0.2, 0.25) is 5.02 Å². The molecule has 0 spiro atoms. The van der Waals surface area contributed by atoms with Crippen molar-refractivity contribution in [2.75, 3.05) is 12.3 Å². The molecule has 0 bridgehead atoms. The summed E-state index contributed by atoms with van der Waals surface area (Å²) in [5, 5.41) is 8.83. The Morgan fingerprint density at radius 1 is 1.62 bits per heavy atom. The lowest BCUT2D eigenvalue weighted by atomic mass is 10.3. The number of nitriles is 1. The smallest absolute Gasteiger partial charge is 0.174 e. The average Bonchev–Trinajstić information content (AvgIpc) is 2.02. The maximum Gasteiger partial charge on any atom is 0.174 e. The normalized spacial score (nSPS) is 9.31. The highest BCUT2D eigenvalue weighted by Crippen LogP contribution is 2.34. The van der Waals surface area contributed by atoms with Gasteiger partial charge in [0.2, 0.25) is 0 Å². The van der Waals surface area contributed by atoms with Crippen molar-refractivity contribution in [3.8, 4) is 11.8 Å². The first kappa shape index (κ1) is 10.2. The van der Waals surface area contributed by atoms with E-state index in [0.29, 0.717) is 20.9 Å². The predicted octanol–water partition coefficient (Wildman–Crippen LogP) is 2.59. The van der Waals surface area contributed by atoms with E-state index >= 15 is 0 Å². The maximum atomic E-state index is 8.31. The van der Waals surface area contributed by atoms with E-state index in [9.17, 15) is 0 Å². The standard InChI is InChI=1S/C8H6BrClN2O/c9-6-3-5(10)4-7(12)8(6)13-2-1-11/h3-4H,2,12H2. The fourth-order valence-corrected chi connectivity index (χ4v) is 1.79. The minimum Gasteiger partial charge on any atom is -0.475 e. The van der Waals surface area contributed by atoms with Crippen LogP contribution < -0.4 is 10.5 Å². The van der Waals surface area contributed by atoms with E-state index in [1.54, 1.807) is 12.1 Å². The number of nitrogens with zero attached hydrogens (tertiary/aromatic N) is 1. The summed E-state index contributed by atoms with van der Waals surface area (Å²) < 4.78 is 5.73. The Kier molecular flexibility index (Phi) is 3.40. The molecule has 0 saturated carbocycles. The second-order valence-electron chi connectivity index (χ2n) is 2.25. The fourth-order valence-electron chi connectivity index (χ4n) is 0.837. The van der Waals surface area contributed by atoms with Crippen molar-refractivity contribution in [3.05, 3.63) is 21.6 Å². The van der Waals surface area contributed by atoms with Crippen LogP contribution in [0.25, 0.3) is 0 Å². The molecule has 1 aromatic carbocycles. The Morgan fingerprint density at radius 3 is 2.85 bits per heavy atom. The SMILES string of the molecule is N#CCOc1c(N)cc(Cl)cc1Br. The van der Waals surface area contributed by atoms with Crippen LogP contribution in [-0.2, 0) is 0 Å². The number of nitrogen functional groups attached to an aromatic ring is 1. The maximum absolute atomic E-state index is 8.31. The molecule has 0 heterocycles. The van der Waals surface area contributed by atoms with Crippen molar-refractivity contribution >= 4 is 33.2 Å². The van der Waals surface area contributed by atoms with Crippen molar-refractivity contribution in [1.29, 1.82) is 5.26 Å². The molecule has 2 N–H and O–H groups in total. The summed E-state index contributed by atoms with van der Waals surface area (Å²) in [5.41, 5.74) is 6.03. The summed E-state index contributed by atoms with van der Waals surface area (Å²) in [7, 11) is 0. The highest BCUT2D eigenvalue weighted by molar-refractivity contribution is 9.10. The third-order valence-corrected chi connectivity index (χ3v) is 2.13. The summed E-state index contributed by atoms with van der Waals surface area (Å²) in [6.07, 6.45) is 0. The summed E-state index contributed by atoms with van der Waals surface area (Å²) in [4.78, 5) is 0. The lowest BCUT2D eigenvalue weighted by molar-refractivity contribution is 0.368. The monoisotopic (exact) mass is 260 g/mol. The lowest BCUT2D eigenvalue weighted by Gasteiger charge is -2.07. The van der Waals surface area contributed by atoms with Gasteiger partial charge < -0.3 is 10.5 Å². The summed E-state index contributed by atoms with van der Waals surface area (Å²) >= 11 is 8.95. The van der Waals surface area contributed by atoms with Crippen molar-refractivity contribution in [1.82, 2.24) is 0 Å². The first-order chi connectivity index (χ1) is 6.15. The molecule has 0 fully saturated rings. The van der Waals surface area contributed by atoms with Crippen LogP contribution in [0.4, 0.5) is 5.69 Å². The van der Waals surface area contributed by atoms with Crippen molar-refractivity contribution < 1.29 is 4.74 Å². The molecule has 0 atom stereocenters. The van der Waals surface area contributed by atoms with Gasteiger partial charge in [0, 0.05) is 5.02 Å². The number of hydrogen-bond donors (Lipinski definition) is 1. The summed E-state index contributed by atoms with van der Waals surface area (Å²) in [6, 6.07) is 5.08. The molecule has 0 aliphatic heterocycles. The van der Waals surface area contributed by atoms with E-state index in [4.69, 9.17) is 27.3 Å².